The minimum absolute atomic E-state index is 0.00309. The zero-order chi connectivity index (χ0) is 25.5. The highest BCUT2D eigenvalue weighted by Gasteiger charge is 2.56. The Kier molecular flexibility index (Phi) is 5.08. The maximum absolute atomic E-state index is 13.7. The molecular weight excluding hydrogens is 456 g/mol. The average molecular weight is 480 g/mol. The van der Waals surface area contributed by atoms with Crippen molar-refractivity contribution in [3.8, 4) is 0 Å². The quantitative estimate of drug-likeness (QED) is 0.550. The summed E-state index contributed by atoms with van der Waals surface area (Å²) in [5.41, 5.74) is 0.996. The first-order valence-corrected chi connectivity index (χ1v) is 11.1. The van der Waals surface area contributed by atoms with Gasteiger partial charge in [-0.25, -0.2) is 0 Å². The minimum Gasteiger partial charge on any atom is -0.492 e. The van der Waals surface area contributed by atoms with Gasteiger partial charge in [-0.1, -0.05) is 0 Å². The molecule has 0 spiro atoms. The minimum atomic E-state index is -1.14. The van der Waals surface area contributed by atoms with Crippen molar-refractivity contribution in [3.63, 3.8) is 0 Å². The van der Waals surface area contributed by atoms with Crippen LogP contribution in [0.5, 0.6) is 0 Å². The molecule has 3 atom stereocenters. The molecule has 0 radical (unpaired) electrons. The lowest BCUT2D eigenvalue weighted by Gasteiger charge is -2.53. The number of ether oxygens (including phenoxy) is 2. The number of piperazine rings is 1. The van der Waals surface area contributed by atoms with Gasteiger partial charge in [-0.05, 0) is 27.0 Å². The van der Waals surface area contributed by atoms with Crippen LogP contribution in [0.4, 0.5) is 0 Å². The number of ketones is 4. The Labute approximate surface area is 200 Å². The van der Waals surface area contributed by atoms with Crippen LogP contribution in [0.3, 0.4) is 0 Å². The number of hydrogen-bond donors (Lipinski definition) is 1. The van der Waals surface area contributed by atoms with Crippen LogP contribution in [-0.2, 0) is 33.4 Å². The number of amides is 1. The number of aliphatic hydroxyl groups excluding tert-OH is 1. The molecule has 182 valence electrons. The SMILES string of the molecule is COC1=C(C)C(=O)C2=C(C1=O)[C@@H]1C3=CC4=C(C(=O)C(OC)=C(C)C4=O)[C@H](CO)N3C(=O)[C@@H](C2)N1C. The summed E-state index contributed by atoms with van der Waals surface area (Å²) in [6.45, 7) is 2.36. The number of carbonyl (C=O) groups excluding carboxylic acids is 5. The number of carbonyl (C=O) groups is 5. The summed E-state index contributed by atoms with van der Waals surface area (Å²) < 4.78 is 10.4. The first kappa shape index (κ1) is 23.1. The Morgan fingerprint density at radius 2 is 1.49 bits per heavy atom. The van der Waals surface area contributed by atoms with Gasteiger partial charge in [0.15, 0.2) is 23.1 Å². The number of aliphatic hydroxyl groups is 1. The molecule has 0 unspecified atom stereocenters. The van der Waals surface area contributed by atoms with E-state index in [9.17, 15) is 29.1 Å². The van der Waals surface area contributed by atoms with Gasteiger partial charge in [-0.2, -0.15) is 0 Å². The summed E-state index contributed by atoms with van der Waals surface area (Å²) in [6, 6.07) is -2.79. The number of allylic oxidation sites excluding steroid dienone is 6. The molecule has 2 bridgehead atoms. The molecule has 35 heavy (non-hydrogen) atoms. The number of nitrogens with zero attached hydrogens (tertiary/aromatic N) is 2. The van der Waals surface area contributed by atoms with Gasteiger partial charge in [0, 0.05) is 45.6 Å². The number of rotatable bonds is 3. The highest BCUT2D eigenvalue weighted by Crippen LogP contribution is 2.47. The maximum atomic E-state index is 13.7. The number of likely N-dealkylation sites (N-methyl/N-ethyl adjacent to an activating group) is 1. The fraction of sp³-hybridized carbons (Fsp3) is 0.400. The van der Waals surface area contributed by atoms with Gasteiger partial charge in [-0.15, -0.1) is 0 Å². The molecule has 1 saturated heterocycles. The summed E-state index contributed by atoms with van der Waals surface area (Å²) in [6.07, 6.45) is 1.43. The van der Waals surface area contributed by atoms with Gasteiger partial charge in [-0.3, -0.25) is 28.9 Å². The van der Waals surface area contributed by atoms with E-state index in [4.69, 9.17) is 9.47 Å². The zero-order valence-corrected chi connectivity index (χ0v) is 19.9. The Balaban J connectivity index is 1.76. The van der Waals surface area contributed by atoms with Crippen molar-refractivity contribution in [1.82, 2.24) is 9.80 Å². The molecule has 3 aliphatic heterocycles. The third-order valence-corrected chi connectivity index (χ3v) is 7.57. The van der Waals surface area contributed by atoms with E-state index in [-0.39, 0.29) is 62.9 Å². The molecule has 0 aromatic rings. The number of Topliss-reactive ketones (excluding diaryl/α,β-unsaturated/α-hetero) is 4. The van der Waals surface area contributed by atoms with Crippen LogP contribution < -0.4 is 0 Å². The van der Waals surface area contributed by atoms with Crippen LogP contribution >= 0.6 is 0 Å². The monoisotopic (exact) mass is 480 g/mol. The fourth-order valence-electron chi connectivity index (χ4n) is 5.87. The van der Waals surface area contributed by atoms with Crippen LogP contribution in [0, 0.1) is 0 Å². The van der Waals surface area contributed by atoms with E-state index in [1.54, 1.807) is 11.9 Å². The van der Waals surface area contributed by atoms with Crippen LogP contribution in [0.2, 0.25) is 0 Å². The molecule has 10 heteroatoms. The van der Waals surface area contributed by atoms with Gasteiger partial charge >= 0.3 is 0 Å². The largest absolute Gasteiger partial charge is 0.492 e. The highest BCUT2D eigenvalue weighted by molar-refractivity contribution is 6.27. The summed E-state index contributed by atoms with van der Waals surface area (Å²) in [5.74, 6) is -2.49. The second kappa shape index (κ2) is 7.69. The molecule has 1 N–H and O–H groups in total. The van der Waals surface area contributed by atoms with Crippen LogP contribution in [0.25, 0.3) is 0 Å². The van der Waals surface area contributed by atoms with Crippen molar-refractivity contribution in [1.29, 1.82) is 0 Å². The second-order valence-electron chi connectivity index (χ2n) is 9.12. The third-order valence-electron chi connectivity index (χ3n) is 7.57. The molecule has 0 aromatic carbocycles. The van der Waals surface area contributed by atoms with Gasteiger partial charge in [0.05, 0.1) is 39.0 Å². The van der Waals surface area contributed by atoms with Gasteiger partial charge in [0.25, 0.3) is 0 Å². The molecule has 2 aliphatic carbocycles. The Morgan fingerprint density at radius 3 is 2.06 bits per heavy atom. The molecular formula is C25H24N2O8. The Hall–Kier alpha value is -3.63. The topological polar surface area (TPSA) is 131 Å². The standard InChI is InChI=1S/C25H24N2O8/c1-9-19(29)11-6-13-18-17-12(20(30)10(2)24(35-5)22(17)32)7-14(26(18)3)25(33)27(13)15(8-28)16(11)21(31)23(9)34-4/h6,14-15,18,28H,7-8H2,1-5H3/t14-,15+,18+/m1/s1. The van der Waals surface area contributed by atoms with Crippen molar-refractivity contribution in [2.45, 2.75) is 38.4 Å². The molecule has 10 nitrogen and oxygen atoms in total. The lowest BCUT2D eigenvalue weighted by Crippen LogP contribution is -2.66. The van der Waals surface area contributed by atoms with Crippen LogP contribution in [0.1, 0.15) is 20.3 Å². The van der Waals surface area contributed by atoms with E-state index >= 15 is 0 Å². The maximum Gasteiger partial charge on any atom is 0.245 e. The van der Waals surface area contributed by atoms with Gasteiger partial charge in [0.1, 0.15) is 0 Å². The summed E-state index contributed by atoms with van der Waals surface area (Å²) in [4.78, 5) is 69.8. The zero-order valence-electron chi connectivity index (χ0n) is 19.9. The summed E-state index contributed by atoms with van der Waals surface area (Å²) >= 11 is 0. The van der Waals surface area contributed by atoms with Crippen LogP contribution in [0.15, 0.2) is 56.7 Å². The van der Waals surface area contributed by atoms with E-state index in [2.05, 4.69) is 0 Å². The summed E-state index contributed by atoms with van der Waals surface area (Å²) in [7, 11) is 4.27. The Bertz CT molecular complexity index is 1320. The first-order valence-electron chi connectivity index (χ1n) is 11.1. The molecule has 0 saturated carbocycles. The van der Waals surface area contributed by atoms with Gasteiger partial charge < -0.3 is 19.5 Å². The van der Waals surface area contributed by atoms with E-state index in [0.29, 0.717) is 0 Å². The van der Waals surface area contributed by atoms with E-state index < -0.39 is 48.0 Å². The van der Waals surface area contributed by atoms with E-state index in [1.807, 2.05) is 0 Å². The molecule has 3 heterocycles. The fourth-order valence-corrected chi connectivity index (χ4v) is 5.87. The summed E-state index contributed by atoms with van der Waals surface area (Å²) in [5, 5.41) is 10.3. The predicted molar refractivity (Wildman–Crippen MR) is 119 cm³/mol. The van der Waals surface area contributed by atoms with Crippen molar-refractivity contribution < 1.29 is 38.6 Å². The number of methoxy groups -OCH3 is 2. The lowest BCUT2D eigenvalue weighted by atomic mass is 9.72. The highest BCUT2D eigenvalue weighted by atomic mass is 16.5. The van der Waals surface area contributed by atoms with Crippen molar-refractivity contribution in [2.75, 3.05) is 27.9 Å². The Morgan fingerprint density at radius 1 is 0.914 bits per heavy atom. The van der Waals surface area contributed by atoms with E-state index in [0.717, 1.165) is 0 Å². The van der Waals surface area contributed by atoms with Crippen molar-refractivity contribution in [2.24, 2.45) is 0 Å². The number of hydrogen-bond acceptors (Lipinski definition) is 9. The molecule has 5 aliphatic rings. The number of fused-ring (bicyclic) bond motifs is 5. The normalized spacial score (nSPS) is 29.0. The van der Waals surface area contributed by atoms with Crippen molar-refractivity contribution >= 4 is 29.0 Å². The van der Waals surface area contributed by atoms with Gasteiger partial charge in [0.2, 0.25) is 17.5 Å². The molecule has 0 aromatic heterocycles. The third kappa shape index (κ3) is 2.74. The predicted octanol–water partition coefficient (Wildman–Crippen LogP) is -0.103. The molecule has 1 fully saturated rings. The van der Waals surface area contributed by atoms with E-state index in [1.165, 1.54) is 39.0 Å². The second-order valence-corrected chi connectivity index (χ2v) is 9.12. The molecule has 5 rings (SSSR count). The smallest absolute Gasteiger partial charge is 0.245 e. The van der Waals surface area contributed by atoms with Crippen LogP contribution in [-0.4, -0.2) is 89.9 Å². The average Bonchev–Trinajstić information content (AvgIpc) is 2.83. The lowest BCUT2D eigenvalue weighted by molar-refractivity contribution is -0.144. The molecule has 1 amide bonds. The first-order chi connectivity index (χ1) is 16.6. The van der Waals surface area contributed by atoms with Crippen molar-refractivity contribution in [3.05, 3.63) is 56.7 Å².